The van der Waals surface area contributed by atoms with Crippen molar-refractivity contribution in [1.29, 1.82) is 0 Å². The lowest BCUT2D eigenvalue weighted by Crippen LogP contribution is -2.21. The number of ether oxygens (including phenoxy) is 2. The summed E-state index contributed by atoms with van der Waals surface area (Å²) in [4.78, 5) is 46.0. The molecule has 22 heavy (non-hydrogen) atoms. The van der Waals surface area contributed by atoms with Gasteiger partial charge in [0.15, 0.2) is 0 Å². The number of rotatable bonds is 5. The Hall–Kier alpha value is -2.90. The van der Waals surface area contributed by atoms with Crippen LogP contribution in [-0.4, -0.2) is 48.3 Å². The highest BCUT2D eigenvalue weighted by atomic mass is 16.5. The molecule has 1 rings (SSSR count). The van der Waals surface area contributed by atoms with Gasteiger partial charge in [-0.2, -0.15) is 0 Å². The molecule has 0 atom stereocenters. The molecule has 0 amide bonds. The van der Waals surface area contributed by atoms with Gasteiger partial charge in [0.25, 0.3) is 0 Å². The minimum Gasteiger partial charge on any atom is -0.478 e. The summed E-state index contributed by atoms with van der Waals surface area (Å²) in [6.07, 6.45) is -0.409. The molecule has 0 heterocycles. The molecule has 0 saturated heterocycles. The molecule has 8 nitrogen and oxygen atoms in total. The van der Waals surface area contributed by atoms with Gasteiger partial charge in [-0.15, -0.1) is 0 Å². The zero-order chi connectivity index (χ0) is 17.0. The molecule has 0 aliphatic heterocycles. The second-order valence-corrected chi connectivity index (χ2v) is 4.32. The fourth-order valence-corrected chi connectivity index (χ4v) is 2.02. The van der Waals surface area contributed by atoms with Crippen LogP contribution in [0.2, 0.25) is 0 Å². The molecule has 0 spiro atoms. The number of hydrogen-bond acceptors (Lipinski definition) is 6. The molecule has 0 aromatic heterocycles. The first-order valence-electron chi connectivity index (χ1n) is 6.02. The lowest BCUT2D eigenvalue weighted by atomic mass is 9.90. The predicted molar refractivity (Wildman–Crippen MR) is 72.2 cm³/mol. The van der Waals surface area contributed by atoms with Crippen molar-refractivity contribution in [2.45, 2.75) is 13.3 Å². The molecule has 0 fully saturated rings. The monoisotopic (exact) mass is 310 g/mol. The number of hydrogen-bond donors (Lipinski definition) is 2. The number of esters is 2. The second kappa shape index (κ2) is 6.70. The molecule has 0 unspecified atom stereocenters. The third-order valence-electron chi connectivity index (χ3n) is 3.04. The van der Waals surface area contributed by atoms with Crippen LogP contribution in [0.3, 0.4) is 0 Å². The highest BCUT2D eigenvalue weighted by Gasteiger charge is 2.30. The van der Waals surface area contributed by atoms with Gasteiger partial charge in [0.1, 0.15) is 0 Å². The Kier molecular flexibility index (Phi) is 5.23. The number of carboxylic acid groups (broad SMARTS) is 2. The topological polar surface area (TPSA) is 127 Å². The van der Waals surface area contributed by atoms with Crippen molar-refractivity contribution < 1.29 is 38.9 Å². The Balaban J connectivity index is 3.79. The van der Waals surface area contributed by atoms with Crippen LogP contribution in [0.1, 0.15) is 42.2 Å². The number of aromatic carboxylic acids is 2. The van der Waals surface area contributed by atoms with E-state index in [1.165, 1.54) is 6.92 Å². The van der Waals surface area contributed by atoms with Crippen LogP contribution in [0.15, 0.2) is 6.07 Å². The van der Waals surface area contributed by atoms with Crippen molar-refractivity contribution >= 4 is 23.9 Å². The van der Waals surface area contributed by atoms with E-state index in [2.05, 4.69) is 9.47 Å². The van der Waals surface area contributed by atoms with E-state index in [4.69, 9.17) is 5.11 Å². The van der Waals surface area contributed by atoms with E-state index >= 15 is 0 Å². The zero-order valence-corrected chi connectivity index (χ0v) is 12.1. The molecule has 2 N–H and O–H groups in total. The maximum Gasteiger partial charge on any atom is 0.339 e. The zero-order valence-electron chi connectivity index (χ0n) is 12.1. The Morgan fingerprint density at radius 3 is 2.00 bits per heavy atom. The van der Waals surface area contributed by atoms with E-state index < -0.39 is 47.0 Å². The number of aryl methyl sites for hydroxylation is 1. The van der Waals surface area contributed by atoms with Crippen LogP contribution in [0.5, 0.6) is 0 Å². The minimum atomic E-state index is -1.54. The average Bonchev–Trinajstić information content (AvgIpc) is 2.46. The van der Waals surface area contributed by atoms with Gasteiger partial charge in [-0.1, -0.05) is 0 Å². The van der Waals surface area contributed by atoms with Crippen molar-refractivity contribution in [2.75, 3.05) is 14.2 Å². The van der Waals surface area contributed by atoms with E-state index in [9.17, 15) is 24.3 Å². The number of carbonyl (C=O) groups is 4. The number of methoxy groups -OCH3 is 2. The molecule has 0 radical (unpaired) electrons. The maximum absolute atomic E-state index is 11.8. The first kappa shape index (κ1) is 17.2. The lowest BCUT2D eigenvalue weighted by molar-refractivity contribution is -0.139. The quantitative estimate of drug-likeness (QED) is 0.768. The molecule has 0 aliphatic carbocycles. The Morgan fingerprint density at radius 1 is 1.00 bits per heavy atom. The Bertz CT molecular complexity index is 659. The SMILES string of the molecule is COC(=O)Cc1c(C)cc(C(=O)O)c(C(=O)OC)c1C(=O)O. The maximum atomic E-state index is 11.8. The van der Waals surface area contributed by atoms with E-state index in [0.717, 1.165) is 20.3 Å². The van der Waals surface area contributed by atoms with Crippen molar-refractivity contribution in [1.82, 2.24) is 0 Å². The van der Waals surface area contributed by atoms with Crippen LogP contribution in [0.25, 0.3) is 0 Å². The third-order valence-corrected chi connectivity index (χ3v) is 3.04. The summed E-state index contributed by atoms with van der Waals surface area (Å²) in [5.41, 5.74) is -1.44. The summed E-state index contributed by atoms with van der Waals surface area (Å²) >= 11 is 0. The number of carbonyl (C=O) groups excluding carboxylic acids is 2. The molecular weight excluding hydrogens is 296 g/mol. The summed E-state index contributed by atoms with van der Waals surface area (Å²) in [5, 5.41) is 18.5. The van der Waals surface area contributed by atoms with Gasteiger partial charge in [0.05, 0.1) is 37.3 Å². The van der Waals surface area contributed by atoms with Crippen molar-refractivity contribution in [2.24, 2.45) is 0 Å². The van der Waals surface area contributed by atoms with Gasteiger partial charge in [-0.05, 0) is 24.1 Å². The van der Waals surface area contributed by atoms with Gasteiger partial charge in [-0.25, -0.2) is 14.4 Å². The molecule has 1 aromatic carbocycles. The number of carboxylic acids is 2. The van der Waals surface area contributed by atoms with Gasteiger partial charge in [-0.3, -0.25) is 4.79 Å². The molecule has 118 valence electrons. The summed E-state index contributed by atoms with van der Waals surface area (Å²) in [5.74, 6) is -4.84. The summed E-state index contributed by atoms with van der Waals surface area (Å²) < 4.78 is 8.95. The van der Waals surface area contributed by atoms with Gasteiger partial charge >= 0.3 is 23.9 Å². The smallest absolute Gasteiger partial charge is 0.339 e. The normalized spacial score (nSPS) is 9.95. The van der Waals surface area contributed by atoms with Crippen LogP contribution in [0.4, 0.5) is 0 Å². The number of benzene rings is 1. The van der Waals surface area contributed by atoms with Crippen LogP contribution < -0.4 is 0 Å². The highest BCUT2D eigenvalue weighted by molar-refractivity contribution is 6.11. The molecule has 8 heteroatoms. The minimum absolute atomic E-state index is 0.00440. The average molecular weight is 310 g/mol. The van der Waals surface area contributed by atoms with Crippen molar-refractivity contribution in [3.63, 3.8) is 0 Å². The predicted octanol–water partition coefficient (Wildman–Crippen LogP) is 0.894. The van der Waals surface area contributed by atoms with Crippen LogP contribution in [-0.2, 0) is 20.7 Å². The summed E-state index contributed by atoms with van der Waals surface area (Å²) in [7, 11) is 2.13. The molecule has 0 saturated carbocycles. The second-order valence-electron chi connectivity index (χ2n) is 4.32. The summed E-state index contributed by atoms with van der Waals surface area (Å²) in [6, 6.07) is 1.12. The van der Waals surface area contributed by atoms with E-state index in [0.29, 0.717) is 0 Å². The van der Waals surface area contributed by atoms with E-state index in [1.54, 1.807) is 0 Å². The molecule has 0 bridgehead atoms. The van der Waals surface area contributed by atoms with E-state index in [1.807, 2.05) is 0 Å². The summed E-state index contributed by atoms with van der Waals surface area (Å²) in [6.45, 7) is 1.44. The first-order valence-corrected chi connectivity index (χ1v) is 6.02. The van der Waals surface area contributed by atoms with Crippen LogP contribution in [0, 0.1) is 6.92 Å². The fraction of sp³-hybridized carbons (Fsp3) is 0.286. The lowest BCUT2D eigenvalue weighted by Gasteiger charge is -2.15. The fourth-order valence-electron chi connectivity index (χ4n) is 2.02. The van der Waals surface area contributed by atoms with Crippen LogP contribution >= 0.6 is 0 Å². The van der Waals surface area contributed by atoms with Crippen molar-refractivity contribution in [3.8, 4) is 0 Å². The molecule has 0 aliphatic rings. The highest BCUT2D eigenvalue weighted by Crippen LogP contribution is 2.25. The Morgan fingerprint density at radius 2 is 1.59 bits per heavy atom. The Labute approximate surface area is 125 Å². The van der Waals surface area contributed by atoms with Gasteiger partial charge in [0, 0.05) is 0 Å². The van der Waals surface area contributed by atoms with Crippen molar-refractivity contribution in [3.05, 3.63) is 33.9 Å². The third kappa shape index (κ3) is 3.22. The van der Waals surface area contributed by atoms with Gasteiger partial charge in [0.2, 0.25) is 0 Å². The molecular formula is C14H14O8. The standard InChI is InChI=1S/C14H14O8/c1-6-4-8(12(16)17)11(14(20)22-3)10(13(18)19)7(6)5-9(15)21-2/h4H,5H2,1-3H3,(H,16,17)(H,18,19). The van der Waals surface area contributed by atoms with E-state index in [-0.39, 0.29) is 11.1 Å². The molecule has 1 aromatic rings. The van der Waals surface area contributed by atoms with Gasteiger partial charge < -0.3 is 19.7 Å². The largest absolute Gasteiger partial charge is 0.478 e. The first-order chi connectivity index (χ1) is 10.2.